The van der Waals surface area contributed by atoms with Crippen molar-refractivity contribution in [2.45, 2.75) is 161 Å². The van der Waals surface area contributed by atoms with Crippen molar-refractivity contribution in [1.29, 1.82) is 0 Å². The lowest BCUT2D eigenvalue weighted by molar-refractivity contribution is -0.161. The Morgan fingerprint density at radius 1 is 0.620 bits per heavy atom. The van der Waals surface area contributed by atoms with E-state index in [1.807, 2.05) is 36.5 Å². The number of allylic oxidation sites excluding steroid dienone is 8. The van der Waals surface area contributed by atoms with Crippen LogP contribution in [0.15, 0.2) is 48.6 Å². The summed E-state index contributed by atoms with van der Waals surface area (Å²) in [5.41, 5.74) is 0. The molecule has 0 saturated heterocycles. The molecule has 0 rings (SSSR count). The minimum absolute atomic E-state index is 0.158. The molecule has 0 aliphatic rings. The molecule has 0 spiro atoms. The fourth-order valence-electron chi connectivity index (χ4n) is 4.88. The Kier molecular flexibility index (Phi) is 33.9. The number of aliphatic hydroxyl groups is 2. The van der Waals surface area contributed by atoms with Gasteiger partial charge < -0.3 is 24.6 Å². The molecule has 0 aromatic rings. The number of phosphoric acid groups is 1. The predicted molar refractivity (Wildman–Crippen MR) is 201 cm³/mol. The van der Waals surface area contributed by atoms with Crippen LogP contribution < -0.4 is 0 Å². The fourth-order valence-corrected chi connectivity index (χ4v) is 5.67. The van der Waals surface area contributed by atoms with Gasteiger partial charge in [-0.05, 0) is 32.1 Å². The highest BCUT2D eigenvalue weighted by atomic mass is 31.2. The van der Waals surface area contributed by atoms with E-state index in [0.717, 1.165) is 57.8 Å². The van der Waals surface area contributed by atoms with Crippen LogP contribution in [0.1, 0.15) is 149 Å². The summed E-state index contributed by atoms with van der Waals surface area (Å²) in [6, 6.07) is 0. The maximum Gasteiger partial charge on any atom is 0.472 e. The largest absolute Gasteiger partial charge is 0.472 e. The lowest BCUT2D eigenvalue weighted by atomic mass is 10.0. The van der Waals surface area contributed by atoms with Gasteiger partial charge >= 0.3 is 19.8 Å². The van der Waals surface area contributed by atoms with Crippen molar-refractivity contribution in [2.75, 3.05) is 26.4 Å². The number of hydrogen-bond donors (Lipinski definition) is 3. The predicted octanol–water partition coefficient (Wildman–Crippen LogP) is 9.38. The minimum Gasteiger partial charge on any atom is -0.462 e. The van der Waals surface area contributed by atoms with Crippen molar-refractivity contribution in [2.24, 2.45) is 0 Å². The third kappa shape index (κ3) is 34.4. The first kappa shape index (κ1) is 47.9. The van der Waals surface area contributed by atoms with Crippen LogP contribution in [0.4, 0.5) is 0 Å². The third-order valence-electron chi connectivity index (χ3n) is 7.84. The molecule has 0 fully saturated rings. The van der Waals surface area contributed by atoms with E-state index in [2.05, 4.69) is 30.5 Å². The number of unbranched alkanes of at least 4 members (excludes halogenated alkanes) is 16. The van der Waals surface area contributed by atoms with Gasteiger partial charge in [-0.1, -0.05) is 152 Å². The Morgan fingerprint density at radius 2 is 1.10 bits per heavy atom. The number of esters is 2. The topological polar surface area (TPSA) is 149 Å². The second-order valence-corrected chi connectivity index (χ2v) is 14.1. The summed E-state index contributed by atoms with van der Waals surface area (Å²) in [6.07, 6.45) is 35.1. The highest BCUT2D eigenvalue weighted by molar-refractivity contribution is 7.47. The van der Waals surface area contributed by atoms with Crippen LogP contribution in [0.3, 0.4) is 0 Å². The lowest BCUT2D eigenvalue weighted by Gasteiger charge is -2.20. The zero-order chi connectivity index (χ0) is 37.0. The van der Waals surface area contributed by atoms with E-state index in [4.69, 9.17) is 19.1 Å². The van der Waals surface area contributed by atoms with Gasteiger partial charge in [0, 0.05) is 12.8 Å². The van der Waals surface area contributed by atoms with Crippen LogP contribution >= 0.6 is 7.82 Å². The third-order valence-corrected chi connectivity index (χ3v) is 8.79. The maximum atomic E-state index is 12.5. The summed E-state index contributed by atoms with van der Waals surface area (Å²) in [6.45, 7) is 2.19. The van der Waals surface area contributed by atoms with Gasteiger partial charge in [0.15, 0.2) is 6.10 Å². The number of hydrogen-bond acceptors (Lipinski definition) is 9. The molecule has 1 unspecified atom stereocenters. The molecule has 50 heavy (non-hydrogen) atoms. The Labute approximate surface area is 303 Å². The number of ether oxygens (including phenoxy) is 2. The molecule has 0 heterocycles. The molecular formula is C39H69O10P. The van der Waals surface area contributed by atoms with Crippen molar-refractivity contribution < 1.29 is 47.8 Å². The van der Waals surface area contributed by atoms with Crippen LogP contribution in [-0.4, -0.2) is 65.7 Å². The van der Waals surface area contributed by atoms with Gasteiger partial charge in [0.25, 0.3) is 0 Å². The number of carbonyl (C=O) groups excluding carboxylic acids is 2. The molecule has 0 aliphatic carbocycles. The monoisotopic (exact) mass is 728 g/mol. The zero-order valence-corrected chi connectivity index (χ0v) is 32.0. The van der Waals surface area contributed by atoms with Crippen molar-refractivity contribution >= 4 is 19.8 Å². The molecule has 0 saturated carbocycles. The summed E-state index contributed by atoms with van der Waals surface area (Å²) >= 11 is 0. The van der Waals surface area contributed by atoms with Gasteiger partial charge in [0.2, 0.25) is 0 Å². The average Bonchev–Trinajstić information content (AvgIpc) is 3.10. The minimum atomic E-state index is -4.62. The normalized spacial score (nSPS) is 14.6. The highest BCUT2D eigenvalue weighted by Crippen LogP contribution is 2.43. The van der Waals surface area contributed by atoms with Crippen molar-refractivity contribution in [3.8, 4) is 0 Å². The molecule has 0 amide bonds. The van der Waals surface area contributed by atoms with Crippen molar-refractivity contribution in [1.82, 2.24) is 0 Å². The summed E-state index contributed by atoms with van der Waals surface area (Å²) in [5, 5.41) is 18.3. The number of phosphoric ester groups is 1. The molecule has 0 aromatic carbocycles. The highest BCUT2D eigenvalue weighted by Gasteiger charge is 2.27. The second kappa shape index (κ2) is 35.3. The number of rotatable bonds is 35. The van der Waals surface area contributed by atoms with Gasteiger partial charge in [0.1, 0.15) is 12.7 Å². The summed E-state index contributed by atoms with van der Waals surface area (Å²) in [5.74, 6) is -0.955. The molecule has 0 bridgehead atoms. The Morgan fingerprint density at radius 3 is 1.66 bits per heavy atom. The van der Waals surface area contributed by atoms with Gasteiger partial charge in [-0.3, -0.25) is 18.6 Å². The molecule has 3 atom stereocenters. The molecule has 11 heteroatoms. The average molecular weight is 729 g/mol. The second-order valence-electron chi connectivity index (χ2n) is 12.7. The zero-order valence-electron chi connectivity index (χ0n) is 31.1. The summed E-state index contributed by atoms with van der Waals surface area (Å²) in [4.78, 5) is 34.8. The summed E-state index contributed by atoms with van der Waals surface area (Å²) < 4.78 is 32.6. The van der Waals surface area contributed by atoms with Crippen LogP contribution in [0.2, 0.25) is 0 Å². The van der Waals surface area contributed by atoms with Crippen molar-refractivity contribution in [3.05, 3.63) is 48.6 Å². The maximum absolute atomic E-state index is 12.5. The first-order valence-corrected chi connectivity index (χ1v) is 20.6. The van der Waals surface area contributed by atoms with E-state index in [1.165, 1.54) is 51.4 Å². The smallest absolute Gasteiger partial charge is 0.462 e. The number of carbonyl (C=O) groups is 2. The number of aliphatic hydroxyl groups excluding tert-OH is 2. The first-order valence-electron chi connectivity index (χ1n) is 19.1. The summed E-state index contributed by atoms with van der Waals surface area (Å²) in [7, 11) is -4.62. The SMILES string of the molecule is CC/C=C/C=C/C=C/C=C/CCCCCCCC(=O)O[C@H](COC(=O)CCCCCCCCCCCCCC)COP(=O)(O)OC[C@@H](O)CO. The van der Waals surface area contributed by atoms with Crippen LogP contribution in [0.25, 0.3) is 0 Å². The van der Waals surface area contributed by atoms with Gasteiger partial charge in [-0.25, -0.2) is 4.57 Å². The van der Waals surface area contributed by atoms with E-state index in [0.29, 0.717) is 12.8 Å². The van der Waals surface area contributed by atoms with E-state index < -0.39 is 51.8 Å². The van der Waals surface area contributed by atoms with Gasteiger partial charge in [-0.15, -0.1) is 0 Å². The molecule has 10 nitrogen and oxygen atoms in total. The van der Waals surface area contributed by atoms with Gasteiger partial charge in [-0.2, -0.15) is 0 Å². The molecule has 3 N–H and O–H groups in total. The standard InChI is InChI=1S/C39H69O10P/c1-3-5-7-9-11-13-15-17-18-19-21-23-25-27-29-31-39(43)49-37(35-48-50(44,45)47-33-36(41)32-40)34-46-38(42)30-28-26-24-22-20-16-14-12-10-8-6-4-2/h5,7,9,11,13,15,17-18,36-37,40-41H,3-4,6,8,10,12,14,16,19-35H2,1-2H3,(H,44,45)/b7-5+,11-9+,15-13+,18-17+/t36-,37+/m0/s1. The van der Waals surface area contributed by atoms with E-state index in [9.17, 15) is 24.2 Å². The quantitative estimate of drug-likeness (QED) is 0.0249. The van der Waals surface area contributed by atoms with E-state index in [-0.39, 0.29) is 19.4 Å². The van der Waals surface area contributed by atoms with E-state index in [1.54, 1.807) is 0 Å². The molecule has 0 aromatic heterocycles. The molecular weight excluding hydrogens is 659 g/mol. The molecule has 290 valence electrons. The van der Waals surface area contributed by atoms with Gasteiger partial charge in [0.05, 0.1) is 19.8 Å². The Balaban J connectivity index is 4.42. The molecule has 0 aliphatic heterocycles. The Hall–Kier alpha value is -2.07. The van der Waals surface area contributed by atoms with Crippen LogP contribution in [-0.2, 0) is 32.7 Å². The lowest BCUT2D eigenvalue weighted by Crippen LogP contribution is -2.29. The van der Waals surface area contributed by atoms with Crippen LogP contribution in [0, 0.1) is 0 Å². The first-order chi connectivity index (χ1) is 24.2. The molecule has 0 radical (unpaired) electrons. The van der Waals surface area contributed by atoms with E-state index >= 15 is 0 Å². The fraction of sp³-hybridized carbons (Fsp3) is 0.744. The van der Waals surface area contributed by atoms with Crippen molar-refractivity contribution in [3.63, 3.8) is 0 Å². The Bertz CT molecular complexity index is 978. The van der Waals surface area contributed by atoms with Crippen LogP contribution in [0.5, 0.6) is 0 Å².